The van der Waals surface area contributed by atoms with Gasteiger partial charge in [-0.2, -0.15) is 0 Å². The first-order valence-corrected chi connectivity index (χ1v) is 7.26. The molecule has 0 saturated heterocycles. The summed E-state index contributed by atoms with van der Waals surface area (Å²) in [6.45, 7) is 0.533. The molecule has 0 unspecified atom stereocenters. The number of carbonyl (C=O) groups is 1. The summed E-state index contributed by atoms with van der Waals surface area (Å²) in [5.41, 5.74) is 7.90. The van der Waals surface area contributed by atoms with Crippen molar-refractivity contribution in [2.45, 2.75) is 31.5 Å². The lowest BCUT2D eigenvalue weighted by molar-refractivity contribution is -0.134. The van der Waals surface area contributed by atoms with Gasteiger partial charge in [-0.05, 0) is 30.5 Å². The lowest BCUT2D eigenvalue weighted by Gasteiger charge is -2.25. The number of nitrogens with two attached hydrogens (primary N) is 1. The first-order valence-electron chi connectivity index (χ1n) is 7.26. The zero-order chi connectivity index (χ0) is 14.7. The van der Waals surface area contributed by atoms with E-state index in [1.807, 2.05) is 53.4 Å². The maximum atomic E-state index is 12.7. The van der Waals surface area contributed by atoms with Crippen molar-refractivity contribution in [3.8, 4) is 0 Å². The molecule has 1 aromatic carbocycles. The number of benzene rings is 1. The van der Waals surface area contributed by atoms with Gasteiger partial charge in [0.1, 0.15) is 6.04 Å². The Bertz CT molecular complexity index is 596. The van der Waals surface area contributed by atoms with Crippen LogP contribution in [0.1, 0.15) is 30.1 Å². The van der Waals surface area contributed by atoms with Crippen LogP contribution in [0.3, 0.4) is 0 Å². The second-order valence-electron chi connectivity index (χ2n) is 5.41. The molecule has 0 radical (unpaired) electrons. The summed E-state index contributed by atoms with van der Waals surface area (Å²) < 4.78 is 0. The molecule has 3 rings (SSSR count). The number of nitrogens with zero attached hydrogens (tertiary/aromatic N) is 2. The van der Waals surface area contributed by atoms with Crippen molar-refractivity contribution in [3.05, 3.63) is 66.0 Å². The third-order valence-corrected chi connectivity index (χ3v) is 3.75. The molecule has 4 nitrogen and oxygen atoms in total. The van der Waals surface area contributed by atoms with Crippen LogP contribution in [0.4, 0.5) is 0 Å². The van der Waals surface area contributed by atoms with Gasteiger partial charge in [0.2, 0.25) is 5.91 Å². The van der Waals surface area contributed by atoms with Gasteiger partial charge in [-0.1, -0.05) is 36.4 Å². The number of hydrogen-bond donors (Lipinski definition) is 1. The van der Waals surface area contributed by atoms with Crippen molar-refractivity contribution in [2.24, 2.45) is 5.73 Å². The fraction of sp³-hybridized carbons (Fsp3) is 0.294. The molecule has 1 aliphatic rings. The van der Waals surface area contributed by atoms with Crippen LogP contribution in [0, 0.1) is 0 Å². The van der Waals surface area contributed by atoms with Crippen molar-refractivity contribution < 1.29 is 4.79 Å². The van der Waals surface area contributed by atoms with Gasteiger partial charge in [-0.25, -0.2) is 0 Å². The van der Waals surface area contributed by atoms with Crippen LogP contribution >= 0.6 is 0 Å². The molecule has 1 saturated carbocycles. The van der Waals surface area contributed by atoms with Crippen LogP contribution in [-0.4, -0.2) is 21.8 Å². The number of carbonyl (C=O) groups excluding carboxylic acids is 1. The second kappa shape index (κ2) is 6.06. The molecular formula is C17H19N3O. The number of aromatic nitrogens is 1. The van der Waals surface area contributed by atoms with E-state index in [4.69, 9.17) is 5.73 Å². The predicted octanol–water partition coefficient (Wildman–Crippen LogP) is 2.27. The quantitative estimate of drug-likeness (QED) is 0.914. The van der Waals surface area contributed by atoms with Gasteiger partial charge in [0.05, 0.1) is 12.2 Å². The summed E-state index contributed by atoms with van der Waals surface area (Å²) in [7, 11) is 0. The number of hydrogen-bond acceptors (Lipinski definition) is 3. The van der Waals surface area contributed by atoms with E-state index < -0.39 is 6.04 Å². The fourth-order valence-electron chi connectivity index (χ4n) is 2.42. The Morgan fingerprint density at radius 3 is 2.52 bits per heavy atom. The van der Waals surface area contributed by atoms with Gasteiger partial charge in [0, 0.05) is 12.2 Å². The van der Waals surface area contributed by atoms with E-state index in [9.17, 15) is 4.79 Å². The van der Waals surface area contributed by atoms with Crippen LogP contribution < -0.4 is 5.73 Å². The molecule has 1 atom stereocenters. The van der Waals surface area contributed by atoms with Crippen molar-refractivity contribution in [1.82, 2.24) is 9.88 Å². The number of rotatable bonds is 5. The zero-order valence-corrected chi connectivity index (χ0v) is 11.9. The van der Waals surface area contributed by atoms with Gasteiger partial charge in [0.25, 0.3) is 0 Å². The Balaban J connectivity index is 1.76. The van der Waals surface area contributed by atoms with E-state index in [-0.39, 0.29) is 5.91 Å². The fourth-order valence-corrected chi connectivity index (χ4v) is 2.42. The van der Waals surface area contributed by atoms with Crippen molar-refractivity contribution in [3.63, 3.8) is 0 Å². The molecule has 1 aliphatic carbocycles. The van der Waals surface area contributed by atoms with E-state index in [0.717, 1.165) is 24.1 Å². The molecule has 4 heteroatoms. The van der Waals surface area contributed by atoms with Crippen LogP contribution in [0.2, 0.25) is 0 Å². The van der Waals surface area contributed by atoms with Crippen molar-refractivity contribution in [2.75, 3.05) is 0 Å². The van der Waals surface area contributed by atoms with Crippen LogP contribution in [-0.2, 0) is 11.3 Å². The highest BCUT2D eigenvalue weighted by molar-refractivity contribution is 5.83. The molecule has 0 spiro atoms. The van der Waals surface area contributed by atoms with Gasteiger partial charge >= 0.3 is 0 Å². The summed E-state index contributed by atoms with van der Waals surface area (Å²) in [4.78, 5) is 18.9. The minimum absolute atomic E-state index is 0.0191. The van der Waals surface area contributed by atoms with Crippen LogP contribution in [0.15, 0.2) is 54.7 Å². The molecule has 1 aromatic heterocycles. The molecule has 21 heavy (non-hydrogen) atoms. The zero-order valence-electron chi connectivity index (χ0n) is 11.9. The SMILES string of the molecule is N[C@@H](C(=O)N(Cc1ccccn1)C1CC1)c1ccccc1. The lowest BCUT2D eigenvalue weighted by atomic mass is 10.1. The molecule has 2 N–H and O–H groups in total. The minimum Gasteiger partial charge on any atom is -0.332 e. The summed E-state index contributed by atoms with van der Waals surface area (Å²) in [6, 6.07) is 15.0. The average molecular weight is 281 g/mol. The Morgan fingerprint density at radius 2 is 1.90 bits per heavy atom. The average Bonchev–Trinajstić information content (AvgIpc) is 3.38. The van der Waals surface area contributed by atoms with E-state index in [1.165, 1.54) is 0 Å². The first-order chi connectivity index (χ1) is 10.3. The van der Waals surface area contributed by atoms with E-state index >= 15 is 0 Å². The molecule has 1 amide bonds. The molecule has 0 aliphatic heterocycles. The number of pyridine rings is 1. The summed E-state index contributed by atoms with van der Waals surface area (Å²) in [6.07, 6.45) is 3.86. The van der Waals surface area contributed by atoms with E-state index in [2.05, 4.69) is 4.98 Å². The lowest BCUT2D eigenvalue weighted by Crippen LogP contribution is -2.39. The molecule has 108 valence electrons. The third-order valence-electron chi connectivity index (χ3n) is 3.75. The maximum Gasteiger partial charge on any atom is 0.244 e. The predicted molar refractivity (Wildman–Crippen MR) is 81.2 cm³/mol. The molecule has 2 aromatic rings. The standard InChI is InChI=1S/C17H19N3O/c18-16(13-6-2-1-3-7-13)17(21)20(15-9-10-15)12-14-8-4-5-11-19-14/h1-8,11,15-16H,9-10,12,18H2/t16-/m1/s1. The smallest absolute Gasteiger partial charge is 0.244 e. The Hall–Kier alpha value is -2.20. The Labute approximate surface area is 124 Å². The third kappa shape index (κ3) is 3.28. The highest BCUT2D eigenvalue weighted by atomic mass is 16.2. The molecule has 0 bridgehead atoms. The van der Waals surface area contributed by atoms with Gasteiger partial charge in [-0.15, -0.1) is 0 Å². The van der Waals surface area contributed by atoms with E-state index in [1.54, 1.807) is 6.20 Å². The van der Waals surface area contributed by atoms with Crippen molar-refractivity contribution >= 4 is 5.91 Å². The minimum atomic E-state index is -0.601. The molecular weight excluding hydrogens is 262 g/mol. The van der Waals surface area contributed by atoms with Crippen LogP contribution in [0.25, 0.3) is 0 Å². The van der Waals surface area contributed by atoms with E-state index in [0.29, 0.717) is 12.6 Å². The second-order valence-corrected chi connectivity index (χ2v) is 5.41. The van der Waals surface area contributed by atoms with Crippen molar-refractivity contribution in [1.29, 1.82) is 0 Å². The highest BCUT2D eigenvalue weighted by Crippen LogP contribution is 2.30. The summed E-state index contributed by atoms with van der Waals surface area (Å²) in [5, 5.41) is 0. The number of amides is 1. The van der Waals surface area contributed by atoms with Gasteiger partial charge in [-0.3, -0.25) is 9.78 Å². The Morgan fingerprint density at radius 1 is 1.19 bits per heavy atom. The summed E-state index contributed by atoms with van der Waals surface area (Å²) >= 11 is 0. The molecule has 1 heterocycles. The first kappa shape index (κ1) is 13.8. The topological polar surface area (TPSA) is 59.2 Å². The highest BCUT2D eigenvalue weighted by Gasteiger charge is 2.35. The summed E-state index contributed by atoms with van der Waals surface area (Å²) in [5.74, 6) is -0.0191. The normalized spacial score (nSPS) is 15.5. The Kier molecular flexibility index (Phi) is 3.97. The van der Waals surface area contributed by atoms with Gasteiger partial charge in [0.15, 0.2) is 0 Å². The van der Waals surface area contributed by atoms with Crippen LogP contribution in [0.5, 0.6) is 0 Å². The maximum absolute atomic E-state index is 12.7. The monoisotopic (exact) mass is 281 g/mol. The largest absolute Gasteiger partial charge is 0.332 e. The molecule has 1 fully saturated rings. The van der Waals surface area contributed by atoms with Gasteiger partial charge < -0.3 is 10.6 Å².